The van der Waals surface area contributed by atoms with Crippen LogP contribution in [-0.2, 0) is 9.59 Å². The second-order valence-corrected chi connectivity index (χ2v) is 5.66. The van der Waals surface area contributed by atoms with Crippen molar-refractivity contribution in [2.45, 2.75) is 12.0 Å². The lowest BCUT2D eigenvalue weighted by Crippen LogP contribution is -2.31. The van der Waals surface area contributed by atoms with Gasteiger partial charge < -0.3 is 35.7 Å². The van der Waals surface area contributed by atoms with E-state index in [0.717, 1.165) is 36.4 Å². The molecule has 0 aliphatic rings. The van der Waals surface area contributed by atoms with Crippen molar-refractivity contribution >= 4 is 18.0 Å². The molecule has 0 spiro atoms. The summed E-state index contributed by atoms with van der Waals surface area (Å²) >= 11 is 0. The summed E-state index contributed by atoms with van der Waals surface area (Å²) in [6.45, 7) is 0. The van der Waals surface area contributed by atoms with Gasteiger partial charge in [-0.15, -0.1) is 0 Å². The number of aliphatic carboxylic acids is 2. The summed E-state index contributed by atoms with van der Waals surface area (Å²) in [5.74, 6) is -6.95. The molecule has 0 saturated heterocycles. The van der Waals surface area contributed by atoms with Crippen LogP contribution < -0.4 is 0 Å². The number of hydrogen-bond acceptors (Lipinski definition) is 7. The predicted octanol–water partition coefficient (Wildman–Crippen LogP) is 1.21. The lowest BCUT2D eigenvalue weighted by Gasteiger charge is -2.22. The summed E-state index contributed by atoms with van der Waals surface area (Å²) < 4.78 is 0. The van der Waals surface area contributed by atoms with Gasteiger partial charge in [-0.25, -0.2) is 9.59 Å². The van der Waals surface area contributed by atoms with Crippen LogP contribution in [0.2, 0.25) is 0 Å². The van der Waals surface area contributed by atoms with Crippen molar-refractivity contribution in [1.29, 1.82) is 0 Å². The quantitative estimate of drug-likeness (QED) is 0.288. The van der Waals surface area contributed by atoms with Gasteiger partial charge in [0.1, 0.15) is 0 Å². The molecule has 9 heteroatoms. The molecule has 2 unspecified atom stereocenters. The highest BCUT2D eigenvalue weighted by atomic mass is 16.4. The number of aliphatic hydroxyl groups is 1. The summed E-state index contributed by atoms with van der Waals surface area (Å²) in [6.07, 6.45) is -1.16. The largest absolute Gasteiger partial charge is 0.504 e. The van der Waals surface area contributed by atoms with Gasteiger partial charge >= 0.3 is 11.9 Å². The highest BCUT2D eigenvalue weighted by Gasteiger charge is 2.34. The van der Waals surface area contributed by atoms with Gasteiger partial charge in [0.2, 0.25) is 0 Å². The minimum absolute atomic E-state index is 0.0724. The Labute approximate surface area is 152 Å². The van der Waals surface area contributed by atoms with E-state index < -0.39 is 52.5 Å². The van der Waals surface area contributed by atoms with Gasteiger partial charge in [0, 0.05) is 5.57 Å². The summed E-state index contributed by atoms with van der Waals surface area (Å²) in [7, 11) is 0. The Bertz CT molecular complexity index is 917. The van der Waals surface area contributed by atoms with Gasteiger partial charge in [-0.2, -0.15) is 0 Å². The zero-order valence-corrected chi connectivity index (χ0v) is 13.6. The molecule has 27 heavy (non-hydrogen) atoms. The Balaban J connectivity index is 2.65. The molecule has 0 bridgehead atoms. The van der Waals surface area contributed by atoms with Crippen LogP contribution in [0, 0.1) is 0 Å². The predicted molar refractivity (Wildman–Crippen MR) is 91.5 cm³/mol. The number of phenolic OH excluding ortho intramolecular Hbond substituents is 4. The topological polar surface area (TPSA) is 176 Å². The molecule has 142 valence electrons. The lowest BCUT2D eigenvalue weighted by molar-refractivity contribution is -0.147. The van der Waals surface area contributed by atoms with Crippen LogP contribution in [0.3, 0.4) is 0 Å². The summed E-state index contributed by atoms with van der Waals surface area (Å²) in [4.78, 5) is 23.0. The SMILES string of the molecule is O=C(O)/C(=C\c1ccc(O)c(O)c1)C(c1ccc(O)c(O)c1)C(O)C(=O)O. The van der Waals surface area contributed by atoms with Crippen molar-refractivity contribution in [3.63, 3.8) is 0 Å². The van der Waals surface area contributed by atoms with Crippen LogP contribution in [0.4, 0.5) is 0 Å². The molecule has 0 amide bonds. The maximum Gasteiger partial charge on any atom is 0.333 e. The molecule has 0 saturated carbocycles. The van der Waals surface area contributed by atoms with E-state index in [1.165, 1.54) is 6.07 Å². The van der Waals surface area contributed by atoms with E-state index in [-0.39, 0.29) is 11.1 Å². The van der Waals surface area contributed by atoms with Gasteiger partial charge in [0.05, 0.1) is 5.92 Å². The van der Waals surface area contributed by atoms with Crippen LogP contribution in [-0.4, -0.2) is 53.8 Å². The highest BCUT2D eigenvalue weighted by molar-refractivity contribution is 5.95. The van der Waals surface area contributed by atoms with Gasteiger partial charge in [0.15, 0.2) is 29.1 Å². The lowest BCUT2D eigenvalue weighted by atomic mass is 9.85. The average molecular weight is 376 g/mol. The number of hydrogen-bond donors (Lipinski definition) is 7. The summed E-state index contributed by atoms with van der Waals surface area (Å²) in [5.41, 5.74) is -0.509. The molecule has 0 fully saturated rings. The second kappa shape index (κ2) is 7.67. The van der Waals surface area contributed by atoms with Gasteiger partial charge in [-0.3, -0.25) is 0 Å². The van der Waals surface area contributed by atoms with Crippen molar-refractivity contribution in [2.24, 2.45) is 0 Å². The maximum atomic E-state index is 11.8. The number of phenols is 4. The number of carboxylic acids is 2. The minimum Gasteiger partial charge on any atom is -0.504 e. The third-order valence-electron chi connectivity index (χ3n) is 3.83. The molecule has 7 N–H and O–H groups in total. The molecule has 0 aliphatic carbocycles. The zero-order chi connectivity index (χ0) is 20.3. The van der Waals surface area contributed by atoms with Crippen molar-refractivity contribution in [3.8, 4) is 23.0 Å². The van der Waals surface area contributed by atoms with Crippen LogP contribution in [0.1, 0.15) is 17.0 Å². The zero-order valence-electron chi connectivity index (χ0n) is 13.6. The van der Waals surface area contributed by atoms with Crippen molar-refractivity contribution in [3.05, 3.63) is 53.1 Å². The van der Waals surface area contributed by atoms with Crippen LogP contribution >= 0.6 is 0 Å². The Morgan fingerprint density at radius 1 is 0.815 bits per heavy atom. The van der Waals surface area contributed by atoms with Gasteiger partial charge in [0.25, 0.3) is 0 Å². The second-order valence-electron chi connectivity index (χ2n) is 5.66. The average Bonchev–Trinajstić information content (AvgIpc) is 2.60. The molecule has 0 aliphatic heterocycles. The number of benzene rings is 2. The van der Waals surface area contributed by atoms with E-state index in [0.29, 0.717) is 0 Å². The first-order valence-corrected chi connectivity index (χ1v) is 7.51. The smallest absolute Gasteiger partial charge is 0.333 e. The number of carboxylic acid groups (broad SMARTS) is 2. The van der Waals surface area contributed by atoms with E-state index in [1.54, 1.807) is 0 Å². The van der Waals surface area contributed by atoms with E-state index in [1.807, 2.05) is 0 Å². The van der Waals surface area contributed by atoms with Crippen LogP contribution in [0.25, 0.3) is 6.08 Å². The Kier molecular flexibility index (Phi) is 5.57. The molecule has 0 radical (unpaired) electrons. The van der Waals surface area contributed by atoms with Gasteiger partial charge in [-0.05, 0) is 41.5 Å². The Morgan fingerprint density at radius 2 is 1.37 bits per heavy atom. The van der Waals surface area contributed by atoms with Crippen LogP contribution in [0.15, 0.2) is 42.0 Å². The third kappa shape index (κ3) is 4.28. The van der Waals surface area contributed by atoms with Crippen LogP contribution in [0.5, 0.6) is 23.0 Å². The molecule has 0 heterocycles. The number of aromatic hydroxyl groups is 4. The molecular weight excluding hydrogens is 360 g/mol. The van der Waals surface area contributed by atoms with Gasteiger partial charge in [-0.1, -0.05) is 12.1 Å². The first-order chi connectivity index (χ1) is 12.6. The van der Waals surface area contributed by atoms with Crippen molar-refractivity contribution < 1.29 is 45.3 Å². The molecule has 2 aromatic carbocycles. The molecule has 2 rings (SSSR count). The molecule has 9 nitrogen and oxygen atoms in total. The number of rotatable bonds is 6. The number of carbonyl (C=O) groups is 2. The van der Waals surface area contributed by atoms with Crippen molar-refractivity contribution in [1.82, 2.24) is 0 Å². The van der Waals surface area contributed by atoms with E-state index >= 15 is 0 Å². The summed E-state index contributed by atoms with van der Waals surface area (Å²) in [6, 6.07) is 6.56. The normalized spacial score (nSPS) is 13.7. The monoisotopic (exact) mass is 376 g/mol. The fourth-order valence-corrected chi connectivity index (χ4v) is 2.50. The first-order valence-electron chi connectivity index (χ1n) is 7.51. The molecule has 0 aromatic heterocycles. The standard InChI is InChI=1S/C18H16O9/c19-11-3-1-8(6-13(11)21)5-10(17(24)25)15(16(23)18(26)27)9-2-4-12(20)14(22)7-9/h1-7,15-16,19-23H,(H,24,25)(H,26,27)/b10-5-. The molecule has 2 atom stereocenters. The Hall–Kier alpha value is -3.72. The Morgan fingerprint density at radius 3 is 1.85 bits per heavy atom. The fourth-order valence-electron chi connectivity index (χ4n) is 2.50. The summed E-state index contributed by atoms with van der Waals surface area (Å²) in [5, 5.41) is 66.7. The van der Waals surface area contributed by atoms with E-state index in [9.17, 15) is 40.2 Å². The minimum atomic E-state index is -2.18. The first kappa shape index (κ1) is 19.6. The fraction of sp³-hybridized carbons (Fsp3) is 0.111. The van der Waals surface area contributed by atoms with E-state index in [4.69, 9.17) is 5.11 Å². The number of aliphatic hydroxyl groups excluding tert-OH is 1. The third-order valence-corrected chi connectivity index (χ3v) is 3.83. The van der Waals surface area contributed by atoms with Crippen molar-refractivity contribution in [2.75, 3.05) is 0 Å². The highest BCUT2D eigenvalue weighted by Crippen LogP contribution is 2.36. The van der Waals surface area contributed by atoms with E-state index in [2.05, 4.69) is 0 Å². The maximum absolute atomic E-state index is 11.8. The molecular formula is C18H16O9. The molecule has 2 aromatic rings.